The number of aromatic nitrogens is 2. The molecule has 0 N–H and O–H groups in total. The fourth-order valence-electron chi connectivity index (χ4n) is 2.91. The molecule has 144 valence electrons. The maximum absolute atomic E-state index is 13.6. The first-order valence-corrected chi connectivity index (χ1v) is 10.0. The van der Waals surface area contributed by atoms with E-state index in [2.05, 4.69) is 5.10 Å². The van der Waals surface area contributed by atoms with E-state index in [0.717, 1.165) is 0 Å². The van der Waals surface area contributed by atoms with E-state index >= 15 is 0 Å². The van der Waals surface area contributed by atoms with Crippen LogP contribution in [0, 0.1) is 5.82 Å². The molecule has 0 bridgehead atoms. The lowest BCUT2D eigenvalue weighted by atomic mass is 10.2. The average Bonchev–Trinajstić information content (AvgIpc) is 2.93. The summed E-state index contributed by atoms with van der Waals surface area (Å²) in [4.78, 5) is 14.1. The van der Waals surface area contributed by atoms with Gasteiger partial charge in [0, 0.05) is 51.1 Å². The van der Waals surface area contributed by atoms with Crippen LogP contribution in [-0.4, -0.2) is 59.5 Å². The Hall–Kier alpha value is -2.52. The summed E-state index contributed by atoms with van der Waals surface area (Å²) in [5, 5.41) is 3.91. The van der Waals surface area contributed by atoms with Crippen molar-refractivity contribution in [1.82, 2.24) is 19.0 Å². The molecule has 7 nitrogen and oxygen atoms in total. The Labute approximate surface area is 157 Å². The molecule has 0 radical (unpaired) electrons. The Morgan fingerprint density at radius 2 is 1.96 bits per heavy atom. The zero-order valence-electron chi connectivity index (χ0n) is 15.0. The molecule has 0 aliphatic carbocycles. The highest BCUT2D eigenvalue weighted by Crippen LogP contribution is 2.17. The van der Waals surface area contributed by atoms with Crippen LogP contribution >= 0.6 is 0 Å². The molecule has 1 aliphatic heterocycles. The van der Waals surface area contributed by atoms with E-state index in [1.54, 1.807) is 30.1 Å². The van der Waals surface area contributed by atoms with Crippen LogP contribution in [0.25, 0.3) is 6.08 Å². The molecule has 1 saturated heterocycles. The van der Waals surface area contributed by atoms with Gasteiger partial charge in [0.15, 0.2) is 0 Å². The molecule has 0 spiro atoms. The fraction of sp³-hybridized carbons (Fsp3) is 0.333. The molecular formula is C18H21FN4O3S. The van der Waals surface area contributed by atoms with Gasteiger partial charge in [0.2, 0.25) is 15.9 Å². The highest BCUT2D eigenvalue weighted by atomic mass is 32.2. The highest BCUT2D eigenvalue weighted by molar-refractivity contribution is 7.89. The third kappa shape index (κ3) is 4.42. The van der Waals surface area contributed by atoms with Crippen LogP contribution in [0.3, 0.4) is 0 Å². The maximum atomic E-state index is 13.6. The Balaban J connectivity index is 1.66. The number of halogens is 1. The molecule has 1 amide bonds. The molecule has 1 aromatic carbocycles. The van der Waals surface area contributed by atoms with Crippen LogP contribution in [0.15, 0.2) is 47.6 Å². The molecule has 2 aromatic rings. The van der Waals surface area contributed by atoms with Gasteiger partial charge >= 0.3 is 0 Å². The lowest BCUT2D eigenvalue weighted by molar-refractivity contribution is -0.125. The Morgan fingerprint density at radius 3 is 2.67 bits per heavy atom. The predicted molar refractivity (Wildman–Crippen MR) is 98.6 cm³/mol. The summed E-state index contributed by atoms with van der Waals surface area (Å²) in [5.41, 5.74) is 0.335. The van der Waals surface area contributed by atoms with Crippen LogP contribution in [0.2, 0.25) is 0 Å². The summed E-state index contributed by atoms with van der Waals surface area (Å²) < 4.78 is 41.8. The third-order valence-corrected chi connectivity index (χ3v) is 6.25. The monoisotopic (exact) mass is 392 g/mol. The topological polar surface area (TPSA) is 75.5 Å². The average molecular weight is 392 g/mol. The second kappa shape index (κ2) is 8.01. The third-order valence-electron chi connectivity index (χ3n) is 4.40. The minimum atomic E-state index is -3.63. The molecule has 27 heavy (non-hydrogen) atoms. The van der Waals surface area contributed by atoms with E-state index < -0.39 is 15.8 Å². The molecule has 1 aliphatic rings. The standard InChI is InChI=1S/C18H21FN4O3S/c1-21-14-16(13-20-21)27(25,26)23-10-4-9-22(11-12-23)18(24)8-7-15-5-2-3-6-17(15)19/h2-3,5-8,13-14H,4,9-12H2,1H3. The lowest BCUT2D eigenvalue weighted by Gasteiger charge is -2.20. The molecule has 0 unspecified atom stereocenters. The molecule has 1 aromatic heterocycles. The van der Waals surface area contributed by atoms with Crippen molar-refractivity contribution in [2.24, 2.45) is 7.05 Å². The molecule has 2 heterocycles. The maximum Gasteiger partial charge on any atom is 0.246 e. The van der Waals surface area contributed by atoms with Gasteiger partial charge in [-0.1, -0.05) is 18.2 Å². The van der Waals surface area contributed by atoms with Crippen molar-refractivity contribution in [3.63, 3.8) is 0 Å². The van der Waals surface area contributed by atoms with Gasteiger partial charge in [0.1, 0.15) is 10.7 Å². The number of nitrogens with zero attached hydrogens (tertiary/aromatic N) is 4. The van der Waals surface area contributed by atoms with E-state index in [-0.39, 0.29) is 23.9 Å². The van der Waals surface area contributed by atoms with E-state index in [4.69, 9.17) is 0 Å². The van der Waals surface area contributed by atoms with Gasteiger partial charge in [-0.15, -0.1) is 0 Å². The van der Waals surface area contributed by atoms with Crippen molar-refractivity contribution in [3.8, 4) is 0 Å². The van der Waals surface area contributed by atoms with E-state index in [9.17, 15) is 17.6 Å². The summed E-state index contributed by atoms with van der Waals surface area (Å²) in [6.45, 7) is 1.26. The molecule has 0 atom stereocenters. The molecule has 9 heteroatoms. The number of rotatable bonds is 4. The van der Waals surface area contributed by atoms with Crippen LogP contribution in [0.1, 0.15) is 12.0 Å². The predicted octanol–water partition coefficient (Wildman–Crippen LogP) is 1.50. The van der Waals surface area contributed by atoms with Crippen molar-refractivity contribution >= 4 is 22.0 Å². The van der Waals surface area contributed by atoms with Crippen molar-refractivity contribution in [1.29, 1.82) is 0 Å². The summed E-state index contributed by atoms with van der Waals surface area (Å²) in [5.74, 6) is -0.662. The zero-order valence-corrected chi connectivity index (χ0v) is 15.8. The lowest BCUT2D eigenvalue weighted by Crippen LogP contribution is -2.36. The number of hydrogen-bond donors (Lipinski definition) is 0. The zero-order chi connectivity index (χ0) is 19.4. The summed E-state index contributed by atoms with van der Waals surface area (Å²) in [6, 6.07) is 6.20. The first-order valence-electron chi connectivity index (χ1n) is 8.58. The van der Waals surface area contributed by atoms with Crippen LogP contribution in [0.5, 0.6) is 0 Å². The van der Waals surface area contributed by atoms with E-state index in [1.807, 2.05) is 0 Å². The van der Waals surface area contributed by atoms with Crippen molar-refractivity contribution in [2.75, 3.05) is 26.2 Å². The summed E-state index contributed by atoms with van der Waals surface area (Å²) in [7, 11) is -1.97. The number of aryl methyl sites for hydroxylation is 1. The number of carbonyl (C=O) groups is 1. The van der Waals surface area contributed by atoms with E-state index in [1.165, 1.54) is 39.6 Å². The van der Waals surface area contributed by atoms with Crippen LogP contribution < -0.4 is 0 Å². The number of sulfonamides is 1. The first-order chi connectivity index (χ1) is 12.9. The Bertz CT molecular complexity index is 955. The van der Waals surface area contributed by atoms with Gasteiger partial charge in [-0.25, -0.2) is 12.8 Å². The van der Waals surface area contributed by atoms with Crippen LogP contribution in [0.4, 0.5) is 4.39 Å². The number of amides is 1. The van der Waals surface area contributed by atoms with Gasteiger partial charge in [-0.05, 0) is 18.6 Å². The number of benzene rings is 1. The number of carbonyl (C=O) groups excluding carboxylic acids is 1. The van der Waals surface area contributed by atoms with E-state index in [0.29, 0.717) is 25.1 Å². The molecule has 1 fully saturated rings. The molecule has 3 rings (SSSR count). The molecular weight excluding hydrogens is 371 g/mol. The van der Waals surface area contributed by atoms with Gasteiger partial charge in [-0.2, -0.15) is 9.40 Å². The quantitative estimate of drug-likeness (QED) is 0.739. The largest absolute Gasteiger partial charge is 0.338 e. The molecule has 0 saturated carbocycles. The summed E-state index contributed by atoms with van der Waals surface area (Å²) >= 11 is 0. The number of hydrogen-bond acceptors (Lipinski definition) is 4. The second-order valence-corrected chi connectivity index (χ2v) is 8.23. The highest BCUT2D eigenvalue weighted by Gasteiger charge is 2.28. The normalized spacial score (nSPS) is 16.6. The fourth-order valence-corrected chi connectivity index (χ4v) is 4.37. The smallest absolute Gasteiger partial charge is 0.246 e. The Morgan fingerprint density at radius 1 is 1.19 bits per heavy atom. The second-order valence-electron chi connectivity index (χ2n) is 6.29. The van der Waals surface area contributed by atoms with Crippen molar-refractivity contribution in [3.05, 3.63) is 54.1 Å². The minimum Gasteiger partial charge on any atom is -0.338 e. The van der Waals surface area contributed by atoms with Crippen molar-refractivity contribution in [2.45, 2.75) is 11.3 Å². The minimum absolute atomic E-state index is 0.143. The van der Waals surface area contributed by atoms with Crippen LogP contribution in [-0.2, 0) is 21.9 Å². The first kappa shape index (κ1) is 19.2. The SMILES string of the molecule is Cn1cc(S(=O)(=O)N2CCCN(C(=O)C=Cc3ccccc3F)CC2)cn1. The summed E-state index contributed by atoms with van der Waals surface area (Å²) in [6.07, 6.45) is 6.07. The van der Waals surface area contributed by atoms with Crippen molar-refractivity contribution < 1.29 is 17.6 Å². The van der Waals surface area contributed by atoms with Gasteiger partial charge in [0.05, 0.1) is 6.20 Å². The van der Waals surface area contributed by atoms with Gasteiger partial charge in [-0.3, -0.25) is 9.48 Å². The van der Waals surface area contributed by atoms with Gasteiger partial charge in [0.25, 0.3) is 0 Å². The van der Waals surface area contributed by atoms with Gasteiger partial charge < -0.3 is 4.90 Å². The Kier molecular flexibility index (Phi) is 5.71.